The Labute approximate surface area is 137 Å². The molecule has 2 aromatic carbocycles. The van der Waals surface area contributed by atoms with Gasteiger partial charge in [-0.1, -0.05) is 51.1 Å². The molecule has 2 aromatic rings. The molecule has 23 heavy (non-hydrogen) atoms. The summed E-state index contributed by atoms with van der Waals surface area (Å²) in [5, 5.41) is 0. The van der Waals surface area contributed by atoms with Gasteiger partial charge in [0.15, 0.2) is 0 Å². The Morgan fingerprint density at radius 1 is 1.00 bits per heavy atom. The maximum Gasteiger partial charge on any atom is 0.240 e. The molecule has 0 amide bonds. The third-order valence-corrected chi connectivity index (χ3v) is 5.15. The molecular weight excluding hydrogens is 313 g/mol. The minimum absolute atomic E-state index is 0.0272. The number of hydrogen-bond acceptors (Lipinski definition) is 2. The molecule has 124 valence electrons. The van der Waals surface area contributed by atoms with Gasteiger partial charge in [-0.2, -0.15) is 0 Å². The van der Waals surface area contributed by atoms with Crippen molar-refractivity contribution in [3.63, 3.8) is 0 Å². The summed E-state index contributed by atoms with van der Waals surface area (Å²) < 4.78 is 40.6. The second-order valence-corrected chi connectivity index (χ2v) is 8.28. The summed E-state index contributed by atoms with van der Waals surface area (Å²) in [6.45, 7) is 6.37. The first kappa shape index (κ1) is 17.6. The molecule has 0 saturated carbocycles. The lowest BCUT2D eigenvalue weighted by molar-refractivity contribution is 0.575. The minimum Gasteiger partial charge on any atom is -0.211 e. The van der Waals surface area contributed by atoms with Crippen LogP contribution in [0.1, 0.15) is 31.9 Å². The van der Waals surface area contributed by atoms with Crippen molar-refractivity contribution in [3.05, 3.63) is 65.5 Å². The van der Waals surface area contributed by atoms with Gasteiger partial charge in [-0.3, -0.25) is 0 Å². The Hall–Kier alpha value is -1.72. The van der Waals surface area contributed by atoms with Gasteiger partial charge in [-0.05, 0) is 41.2 Å². The number of rotatable bonds is 5. The summed E-state index contributed by atoms with van der Waals surface area (Å²) in [6.07, 6.45) is 0.311. The summed E-state index contributed by atoms with van der Waals surface area (Å²) in [5.41, 5.74) is 1.54. The monoisotopic (exact) mass is 335 g/mol. The molecule has 0 radical (unpaired) electrons. The Morgan fingerprint density at radius 2 is 1.61 bits per heavy atom. The van der Waals surface area contributed by atoms with E-state index >= 15 is 0 Å². The first-order valence-electron chi connectivity index (χ1n) is 7.54. The average Bonchev–Trinajstić information content (AvgIpc) is 2.48. The average molecular weight is 335 g/mol. The van der Waals surface area contributed by atoms with Crippen molar-refractivity contribution in [3.8, 4) is 0 Å². The van der Waals surface area contributed by atoms with Crippen molar-refractivity contribution in [2.75, 3.05) is 6.54 Å². The zero-order valence-electron chi connectivity index (χ0n) is 13.6. The number of benzene rings is 2. The molecular formula is C18H22FNO2S. The lowest BCUT2D eigenvalue weighted by Gasteiger charge is -2.19. The van der Waals surface area contributed by atoms with Gasteiger partial charge in [0.25, 0.3) is 0 Å². The first-order valence-corrected chi connectivity index (χ1v) is 9.02. The highest BCUT2D eigenvalue weighted by atomic mass is 32.2. The molecule has 0 spiro atoms. The van der Waals surface area contributed by atoms with Crippen LogP contribution in [0.15, 0.2) is 53.4 Å². The maximum absolute atomic E-state index is 13.5. The van der Waals surface area contributed by atoms with Gasteiger partial charge in [0.2, 0.25) is 10.0 Å². The third kappa shape index (κ3) is 4.62. The van der Waals surface area contributed by atoms with E-state index in [1.807, 2.05) is 12.1 Å². The highest BCUT2D eigenvalue weighted by Gasteiger charge is 2.17. The van der Waals surface area contributed by atoms with Gasteiger partial charge in [0.05, 0.1) is 4.90 Å². The predicted molar refractivity (Wildman–Crippen MR) is 90.4 cm³/mol. The van der Waals surface area contributed by atoms with Crippen LogP contribution in [0, 0.1) is 5.82 Å². The van der Waals surface area contributed by atoms with Gasteiger partial charge in [-0.15, -0.1) is 0 Å². The maximum atomic E-state index is 13.5. The van der Waals surface area contributed by atoms with Gasteiger partial charge < -0.3 is 0 Å². The van der Waals surface area contributed by atoms with Crippen molar-refractivity contribution in [1.82, 2.24) is 4.72 Å². The Kier molecular flexibility index (Phi) is 5.22. The Morgan fingerprint density at radius 3 is 2.17 bits per heavy atom. The molecule has 0 atom stereocenters. The smallest absolute Gasteiger partial charge is 0.211 e. The summed E-state index contributed by atoms with van der Waals surface area (Å²) in [6, 6.07) is 13.2. The molecule has 0 aromatic heterocycles. The highest BCUT2D eigenvalue weighted by molar-refractivity contribution is 7.89. The van der Waals surface area contributed by atoms with Crippen LogP contribution >= 0.6 is 0 Å². The fourth-order valence-corrected chi connectivity index (χ4v) is 3.27. The number of sulfonamides is 1. The molecule has 0 unspecified atom stereocenters. The summed E-state index contributed by atoms with van der Waals surface area (Å²) >= 11 is 0. The lowest BCUT2D eigenvalue weighted by Crippen LogP contribution is -2.26. The second-order valence-electron chi connectivity index (χ2n) is 6.51. The molecule has 2 rings (SSSR count). The van der Waals surface area contributed by atoms with Gasteiger partial charge in [0.1, 0.15) is 5.82 Å². The predicted octanol–water partition coefficient (Wildman–Crippen LogP) is 3.64. The topological polar surface area (TPSA) is 46.2 Å². The molecule has 5 heteroatoms. The van der Waals surface area contributed by atoms with E-state index in [1.165, 1.54) is 6.07 Å². The van der Waals surface area contributed by atoms with E-state index in [4.69, 9.17) is 0 Å². The van der Waals surface area contributed by atoms with Gasteiger partial charge in [-0.25, -0.2) is 17.5 Å². The van der Waals surface area contributed by atoms with E-state index in [0.29, 0.717) is 12.0 Å². The summed E-state index contributed by atoms with van der Waals surface area (Å²) in [7, 11) is -3.58. The zero-order valence-corrected chi connectivity index (χ0v) is 14.5. The van der Waals surface area contributed by atoms with Crippen LogP contribution < -0.4 is 4.72 Å². The van der Waals surface area contributed by atoms with Crippen molar-refractivity contribution in [2.24, 2.45) is 0 Å². The normalized spacial score (nSPS) is 12.3. The molecule has 0 saturated heterocycles. The quantitative estimate of drug-likeness (QED) is 0.907. The van der Waals surface area contributed by atoms with Gasteiger partial charge in [0, 0.05) is 6.54 Å². The van der Waals surface area contributed by atoms with Crippen LogP contribution in [0.2, 0.25) is 0 Å². The van der Waals surface area contributed by atoms with E-state index in [9.17, 15) is 12.8 Å². The fraction of sp³-hybridized carbons (Fsp3) is 0.333. The number of nitrogens with one attached hydrogen (secondary N) is 1. The van der Waals surface area contributed by atoms with Crippen LogP contribution in [0.4, 0.5) is 4.39 Å². The van der Waals surface area contributed by atoms with Crippen LogP contribution in [-0.2, 0) is 21.9 Å². The van der Waals surface area contributed by atoms with Crippen LogP contribution in [-0.4, -0.2) is 15.0 Å². The van der Waals surface area contributed by atoms with Crippen molar-refractivity contribution in [2.45, 2.75) is 37.5 Å². The standard InChI is InChI=1S/C18H22FNO2S/c1-18(2,3)15-8-10-16(11-9-15)23(21,22)20-13-12-14-6-4-5-7-17(14)19/h4-11,20H,12-13H2,1-3H3. The minimum atomic E-state index is -3.58. The van der Waals surface area contributed by atoms with E-state index in [2.05, 4.69) is 25.5 Å². The molecule has 0 heterocycles. The van der Waals surface area contributed by atoms with E-state index < -0.39 is 10.0 Å². The number of halogens is 1. The van der Waals surface area contributed by atoms with Gasteiger partial charge >= 0.3 is 0 Å². The van der Waals surface area contributed by atoms with Crippen LogP contribution in [0.5, 0.6) is 0 Å². The SMILES string of the molecule is CC(C)(C)c1ccc(S(=O)(=O)NCCc2ccccc2F)cc1. The molecule has 0 aliphatic rings. The largest absolute Gasteiger partial charge is 0.240 e. The second kappa shape index (κ2) is 6.81. The third-order valence-electron chi connectivity index (χ3n) is 3.67. The van der Waals surface area contributed by atoms with E-state index in [1.54, 1.807) is 30.3 Å². The molecule has 0 aliphatic heterocycles. The molecule has 0 fully saturated rings. The Balaban J connectivity index is 2.03. The zero-order chi connectivity index (χ0) is 17.1. The summed E-state index contributed by atoms with van der Waals surface area (Å²) in [5.74, 6) is -0.318. The van der Waals surface area contributed by atoms with Crippen LogP contribution in [0.3, 0.4) is 0 Å². The molecule has 3 nitrogen and oxygen atoms in total. The number of hydrogen-bond donors (Lipinski definition) is 1. The molecule has 1 N–H and O–H groups in total. The Bertz CT molecular complexity index is 762. The van der Waals surface area contributed by atoms with Crippen molar-refractivity contribution < 1.29 is 12.8 Å². The highest BCUT2D eigenvalue weighted by Crippen LogP contribution is 2.23. The van der Waals surface area contributed by atoms with Crippen LogP contribution in [0.25, 0.3) is 0 Å². The first-order chi connectivity index (χ1) is 10.7. The van der Waals surface area contributed by atoms with E-state index in [0.717, 1.165) is 5.56 Å². The van der Waals surface area contributed by atoms with E-state index in [-0.39, 0.29) is 22.7 Å². The fourth-order valence-electron chi connectivity index (χ4n) is 2.24. The van der Waals surface area contributed by atoms with Crippen molar-refractivity contribution in [1.29, 1.82) is 0 Å². The molecule has 0 aliphatic carbocycles. The lowest BCUT2D eigenvalue weighted by atomic mass is 9.87. The van der Waals surface area contributed by atoms with Crippen molar-refractivity contribution >= 4 is 10.0 Å². The summed E-state index contributed by atoms with van der Waals surface area (Å²) in [4.78, 5) is 0.221. The molecule has 0 bridgehead atoms.